The maximum Gasteiger partial charge on any atom is 0.0338 e. The van der Waals surface area contributed by atoms with E-state index in [1.807, 2.05) is 0 Å². The van der Waals surface area contributed by atoms with Gasteiger partial charge in [0.25, 0.3) is 0 Å². The van der Waals surface area contributed by atoms with Crippen molar-refractivity contribution in [3.8, 4) is 0 Å². The molecule has 3 heteroatoms. The first kappa shape index (κ1) is 13.8. The molecule has 2 nitrogen and oxygen atoms in total. The molecule has 0 aliphatic carbocycles. The quantitative estimate of drug-likeness (QED) is 0.895. The molecule has 0 amide bonds. The summed E-state index contributed by atoms with van der Waals surface area (Å²) in [5.74, 6) is 0. The summed E-state index contributed by atoms with van der Waals surface area (Å²) in [4.78, 5) is 0. The first-order valence-corrected chi connectivity index (χ1v) is 7.88. The Labute approximate surface area is 128 Å². The van der Waals surface area contributed by atoms with Gasteiger partial charge in [0.05, 0.1) is 0 Å². The summed E-state index contributed by atoms with van der Waals surface area (Å²) in [6.45, 7) is 2.94. The van der Waals surface area contributed by atoms with Crippen LogP contribution in [0.2, 0.25) is 0 Å². The Hall–Kier alpha value is -1.16. The summed E-state index contributed by atoms with van der Waals surface area (Å²) in [5.41, 5.74) is 4.17. The second-order valence-corrected chi connectivity index (χ2v) is 6.14. The van der Waals surface area contributed by atoms with Crippen LogP contribution >= 0.6 is 15.9 Å². The van der Waals surface area contributed by atoms with Crippen molar-refractivity contribution in [2.75, 3.05) is 6.54 Å². The molecule has 1 atom stereocenters. The van der Waals surface area contributed by atoms with Crippen molar-refractivity contribution in [2.45, 2.75) is 25.6 Å². The fourth-order valence-corrected chi connectivity index (χ4v) is 3.21. The number of halogens is 1. The molecule has 0 radical (unpaired) electrons. The minimum absolute atomic E-state index is 0.431. The highest BCUT2D eigenvalue weighted by Crippen LogP contribution is 2.24. The van der Waals surface area contributed by atoms with E-state index in [1.54, 1.807) is 0 Å². The van der Waals surface area contributed by atoms with Crippen molar-refractivity contribution >= 4 is 15.9 Å². The number of rotatable bonds is 3. The van der Waals surface area contributed by atoms with E-state index >= 15 is 0 Å². The minimum atomic E-state index is 0.431. The Balaban J connectivity index is 1.74. The van der Waals surface area contributed by atoms with E-state index in [1.165, 1.54) is 16.7 Å². The Kier molecular flexibility index (Phi) is 4.51. The molecule has 1 aliphatic heterocycles. The summed E-state index contributed by atoms with van der Waals surface area (Å²) in [6, 6.07) is 17.7. The minimum Gasteiger partial charge on any atom is -0.313 e. The molecule has 1 unspecified atom stereocenters. The molecule has 0 fully saturated rings. The average Bonchev–Trinajstić information content (AvgIpc) is 2.67. The molecule has 1 aliphatic rings. The highest BCUT2D eigenvalue weighted by Gasteiger charge is 2.17. The zero-order valence-electron chi connectivity index (χ0n) is 11.4. The van der Waals surface area contributed by atoms with E-state index in [-0.39, 0.29) is 0 Å². The monoisotopic (exact) mass is 330 g/mol. The molecule has 2 aromatic rings. The third-order valence-electron chi connectivity index (χ3n) is 3.80. The van der Waals surface area contributed by atoms with Gasteiger partial charge in [0, 0.05) is 23.6 Å². The Morgan fingerprint density at radius 2 is 2.05 bits per heavy atom. The molecular formula is C17H19BrN2. The summed E-state index contributed by atoms with van der Waals surface area (Å²) in [5, 5.41) is 7.19. The van der Waals surface area contributed by atoms with E-state index in [4.69, 9.17) is 0 Å². The summed E-state index contributed by atoms with van der Waals surface area (Å²) >= 11 is 3.53. The van der Waals surface area contributed by atoms with Gasteiger partial charge in [-0.25, -0.2) is 0 Å². The molecular weight excluding hydrogens is 312 g/mol. The predicted octanol–water partition coefficient (Wildman–Crippen LogP) is 3.77. The highest BCUT2D eigenvalue weighted by atomic mass is 79.9. The number of hydrogen-bond donors (Lipinski definition) is 2. The molecule has 2 N–H and O–H groups in total. The number of benzene rings is 2. The van der Waals surface area contributed by atoms with Gasteiger partial charge in [0.1, 0.15) is 0 Å². The number of fused-ring (bicyclic) bond motifs is 1. The largest absolute Gasteiger partial charge is 0.313 e. The second-order valence-electron chi connectivity index (χ2n) is 5.23. The first-order chi connectivity index (χ1) is 9.83. The van der Waals surface area contributed by atoms with Crippen molar-refractivity contribution in [3.05, 3.63) is 69.7 Å². The van der Waals surface area contributed by atoms with Gasteiger partial charge in [0.2, 0.25) is 0 Å². The van der Waals surface area contributed by atoms with E-state index in [0.29, 0.717) is 6.04 Å². The van der Waals surface area contributed by atoms with Crippen LogP contribution in [0.3, 0.4) is 0 Å². The fraction of sp³-hybridized carbons (Fsp3) is 0.294. The van der Waals surface area contributed by atoms with Crippen LogP contribution in [0.25, 0.3) is 0 Å². The molecule has 1 heterocycles. The summed E-state index contributed by atoms with van der Waals surface area (Å²) < 4.78 is 1.14. The molecule has 0 aromatic heterocycles. The molecule has 20 heavy (non-hydrogen) atoms. The van der Waals surface area contributed by atoms with Gasteiger partial charge < -0.3 is 10.6 Å². The van der Waals surface area contributed by atoms with Crippen LogP contribution in [0.1, 0.15) is 29.2 Å². The van der Waals surface area contributed by atoms with Crippen LogP contribution in [0.5, 0.6) is 0 Å². The normalized spacial score (nSPS) is 18.4. The van der Waals surface area contributed by atoms with Gasteiger partial charge in [0.15, 0.2) is 0 Å². The van der Waals surface area contributed by atoms with Crippen LogP contribution in [0.15, 0.2) is 53.0 Å². The lowest BCUT2D eigenvalue weighted by molar-refractivity contribution is 0.496. The van der Waals surface area contributed by atoms with Crippen molar-refractivity contribution in [3.63, 3.8) is 0 Å². The molecule has 2 aromatic carbocycles. The second kappa shape index (κ2) is 6.53. The maximum atomic E-state index is 3.70. The Morgan fingerprint density at radius 3 is 2.95 bits per heavy atom. The van der Waals surface area contributed by atoms with Gasteiger partial charge in [-0.1, -0.05) is 52.3 Å². The van der Waals surface area contributed by atoms with Crippen molar-refractivity contribution in [1.82, 2.24) is 10.6 Å². The van der Waals surface area contributed by atoms with Crippen molar-refractivity contribution in [1.29, 1.82) is 0 Å². The van der Waals surface area contributed by atoms with E-state index in [2.05, 4.69) is 75.1 Å². The molecule has 0 saturated heterocycles. The molecule has 0 spiro atoms. The molecule has 0 saturated carbocycles. The Morgan fingerprint density at radius 1 is 1.15 bits per heavy atom. The molecule has 104 valence electrons. The van der Waals surface area contributed by atoms with Crippen molar-refractivity contribution in [2.24, 2.45) is 0 Å². The topological polar surface area (TPSA) is 24.1 Å². The number of hydrogen-bond acceptors (Lipinski definition) is 2. The van der Waals surface area contributed by atoms with Gasteiger partial charge in [-0.2, -0.15) is 0 Å². The van der Waals surface area contributed by atoms with Gasteiger partial charge in [-0.05, 0) is 41.8 Å². The average molecular weight is 331 g/mol. The lowest BCUT2D eigenvalue weighted by Crippen LogP contribution is -2.22. The van der Waals surface area contributed by atoms with Crippen LogP contribution in [0, 0.1) is 0 Å². The SMILES string of the molecule is Brc1cccc(CNC2CCNCc3ccccc32)c1. The van der Waals surface area contributed by atoms with E-state index < -0.39 is 0 Å². The van der Waals surface area contributed by atoms with Gasteiger partial charge >= 0.3 is 0 Å². The van der Waals surface area contributed by atoms with E-state index in [9.17, 15) is 0 Å². The zero-order chi connectivity index (χ0) is 13.8. The smallest absolute Gasteiger partial charge is 0.0338 e. The predicted molar refractivity (Wildman–Crippen MR) is 86.5 cm³/mol. The molecule has 3 rings (SSSR count). The van der Waals surface area contributed by atoms with Crippen LogP contribution < -0.4 is 10.6 Å². The van der Waals surface area contributed by atoms with Crippen LogP contribution in [-0.4, -0.2) is 6.54 Å². The van der Waals surface area contributed by atoms with Gasteiger partial charge in [-0.3, -0.25) is 0 Å². The fourth-order valence-electron chi connectivity index (χ4n) is 2.76. The lowest BCUT2D eigenvalue weighted by Gasteiger charge is -2.19. The lowest BCUT2D eigenvalue weighted by atomic mass is 9.99. The van der Waals surface area contributed by atoms with Crippen LogP contribution in [-0.2, 0) is 13.1 Å². The van der Waals surface area contributed by atoms with Crippen LogP contribution in [0.4, 0.5) is 0 Å². The number of nitrogens with one attached hydrogen (secondary N) is 2. The standard InChI is InChI=1S/C17H19BrN2/c18-15-6-3-4-13(10-15)11-20-17-8-9-19-12-14-5-1-2-7-16(14)17/h1-7,10,17,19-20H,8-9,11-12H2. The summed E-state index contributed by atoms with van der Waals surface area (Å²) in [6.07, 6.45) is 1.13. The first-order valence-electron chi connectivity index (χ1n) is 7.09. The Bertz CT molecular complexity index is 583. The zero-order valence-corrected chi connectivity index (χ0v) is 13.0. The highest BCUT2D eigenvalue weighted by molar-refractivity contribution is 9.10. The summed E-state index contributed by atoms with van der Waals surface area (Å²) in [7, 11) is 0. The third kappa shape index (κ3) is 3.29. The maximum absolute atomic E-state index is 3.70. The third-order valence-corrected chi connectivity index (χ3v) is 4.29. The van der Waals surface area contributed by atoms with E-state index in [0.717, 1.165) is 30.5 Å². The van der Waals surface area contributed by atoms with Crippen molar-refractivity contribution < 1.29 is 0 Å². The van der Waals surface area contributed by atoms with Gasteiger partial charge in [-0.15, -0.1) is 0 Å². The molecule has 0 bridgehead atoms.